The van der Waals surface area contributed by atoms with E-state index in [9.17, 15) is 19.5 Å². The van der Waals surface area contributed by atoms with Crippen LogP contribution in [0.2, 0.25) is 0 Å². The molecule has 0 radical (unpaired) electrons. The fourth-order valence-corrected chi connectivity index (χ4v) is 6.83. The van der Waals surface area contributed by atoms with Crippen molar-refractivity contribution in [3.05, 3.63) is 24.3 Å². The van der Waals surface area contributed by atoms with E-state index < -0.39 is 24.3 Å². The molecule has 0 fully saturated rings. The lowest BCUT2D eigenvalue weighted by Gasteiger charge is -2.25. The number of carboxylic acids is 1. The van der Waals surface area contributed by atoms with Crippen LogP contribution in [0.15, 0.2) is 24.3 Å². The highest BCUT2D eigenvalue weighted by molar-refractivity contribution is 5.71. The highest BCUT2D eigenvalue weighted by Gasteiger charge is 2.25. The molecule has 0 aromatic rings. The summed E-state index contributed by atoms with van der Waals surface area (Å²) in [7, 11) is 5.96. The molecule has 0 saturated carbocycles. The van der Waals surface area contributed by atoms with Gasteiger partial charge in [0.1, 0.15) is 13.2 Å². The van der Waals surface area contributed by atoms with Crippen LogP contribution in [-0.4, -0.2) is 87.4 Å². The molecule has 0 rings (SSSR count). The van der Waals surface area contributed by atoms with E-state index in [1.807, 2.05) is 21.1 Å². The number of hydrogen-bond acceptors (Lipinski definition) is 7. The summed E-state index contributed by atoms with van der Waals surface area (Å²) in [6.07, 6.45) is 43.8. The van der Waals surface area contributed by atoms with Gasteiger partial charge in [-0.05, 0) is 64.2 Å². The summed E-state index contributed by atoms with van der Waals surface area (Å²) < 4.78 is 22.8. The van der Waals surface area contributed by atoms with Gasteiger partial charge in [0.15, 0.2) is 6.10 Å². The Morgan fingerprint density at radius 3 is 1.27 bits per heavy atom. The number of quaternary nitrogens is 1. The predicted molar refractivity (Wildman–Crippen MR) is 244 cm³/mol. The number of allylic oxidation sites excluding steroid dienone is 4. The lowest BCUT2D eigenvalue weighted by molar-refractivity contribution is -0.870. The normalized spacial score (nSPS) is 13.0. The first kappa shape index (κ1) is 56.8. The van der Waals surface area contributed by atoms with Gasteiger partial charge in [-0.3, -0.25) is 9.59 Å². The SMILES string of the molecule is CCCCCC/C=C\CCCCCCCC(=O)OCC(COC(OCC[N+](C)(C)C)C(=O)O)OC(=O)CCCCCCCCCCC/C=C\CCCCCCCCCC. The molecule has 9 nitrogen and oxygen atoms in total. The molecule has 0 aliphatic carbocycles. The average Bonchev–Trinajstić information content (AvgIpc) is 3.19. The van der Waals surface area contributed by atoms with E-state index in [0.717, 1.165) is 57.8 Å². The van der Waals surface area contributed by atoms with E-state index in [0.29, 0.717) is 17.4 Å². The van der Waals surface area contributed by atoms with Crippen LogP contribution in [0, 0.1) is 0 Å². The second kappa shape index (κ2) is 42.5. The molecule has 2 unspecified atom stereocenters. The average molecular weight is 837 g/mol. The zero-order chi connectivity index (χ0) is 43.5. The summed E-state index contributed by atoms with van der Waals surface area (Å²) in [5, 5.41) is 9.65. The van der Waals surface area contributed by atoms with Gasteiger partial charge < -0.3 is 28.5 Å². The second-order valence-electron chi connectivity index (χ2n) is 17.8. The van der Waals surface area contributed by atoms with Crippen LogP contribution in [0.5, 0.6) is 0 Å². The zero-order valence-electron chi connectivity index (χ0n) is 39.2. The van der Waals surface area contributed by atoms with E-state index in [4.69, 9.17) is 18.9 Å². The monoisotopic (exact) mass is 837 g/mol. The minimum absolute atomic E-state index is 0.184. The van der Waals surface area contributed by atoms with Gasteiger partial charge in [-0.1, -0.05) is 167 Å². The van der Waals surface area contributed by atoms with Crippen molar-refractivity contribution < 1.29 is 42.9 Å². The fraction of sp³-hybridized carbons (Fsp3) is 0.860. The number of carbonyl (C=O) groups excluding carboxylic acids is 2. The topological polar surface area (TPSA) is 108 Å². The van der Waals surface area contributed by atoms with E-state index in [1.54, 1.807) is 0 Å². The molecular weight excluding hydrogens is 743 g/mol. The molecule has 0 saturated heterocycles. The number of rotatable bonds is 45. The van der Waals surface area contributed by atoms with Gasteiger partial charge in [0.2, 0.25) is 0 Å². The van der Waals surface area contributed by atoms with Crippen molar-refractivity contribution in [1.82, 2.24) is 0 Å². The van der Waals surface area contributed by atoms with Gasteiger partial charge in [-0.25, -0.2) is 4.79 Å². The van der Waals surface area contributed by atoms with Crippen LogP contribution in [-0.2, 0) is 33.3 Å². The number of carboxylic acid groups (broad SMARTS) is 1. The van der Waals surface area contributed by atoms with E-state index in [-0.39, 0.29) is 32.2 Å². The van der Waals surface area contributed by atoms with Gasteiger partial charge in [0.05, 0.1) is 34.4 Å². The van der Waals surface area contributed by atoms with Gasteiger partial charge in [-0.15, -0.1) is 0 Å². The molecule has 0 aromatic heterocycles. The van der Waals surface area contributed by atoms with Gasteiger partial charge in [0, 0.05) is 12.8 Å². The standard InChI is InChI=1S/C50H93NO8/c1-6-8-10-12-14-16-18-20-21-22-23-24-25-26-27-29-31-33-35-37-39-41-48(53)59-46(45-58-50(49(54)55)56-43-42-51(3,4)5)44-57-47(52)40-38-36-34-32-30-28-19-17-15-13-11-9-7-2/h17,19,22-23,46,50H,6-16,18,20-21,24-45H2,1-5H3/p+1/b19-17-,23-22-. The maximum Gasteiger partial charge on any atom is 0.361 e. The molecule has 0 amide bonds. The van der Waals surface area contributed by atoms with Crippen molar-refractivity contribution in [2.75, 3.05) is 47.5 Å². The number of carbonyl (C=O) groups is 3. The quantitative estimate of drug-likeness (QED) is 0.0212. The van der Waals surface area contributed by atoms with E-state index in [2.05, 4.69) is 38.2 Å². The fourth-order valence-electron chi connectivity index (χ4n) is 6.83. The molecule has 0 bridgehead atoms. The summed E-state index contributed by atoms with van der Waals surface area (Å²) in [6.45, 7) is 4.86. The number of unbranched alkanes of at least 4 members (excludes halogenated alkanes) is 26. The highest BCUT2D eigenvalue weighted by atomic mass is 16.7. The third-order valence-electron chi connectivity index (χ3n) is 10.7. The number of aliphatic carboxylic acids is 1. The summed E-state index contributed by atoms with van der Waals surface area (Å²) in [4.78, 5) is 37.2. The predicted octanol–water partition coefficient (Wildman–Crippen LogP) is 13.2. The molecule has 346 valence electrons. The summed E-state index contributed by atoms with van der Waals surface area (Å²) >= 11 is 0. The van der Waals surface area contributed by atoms with Crippen molar-refractivity contribution in [3.8, 4) is 0 Å². The minimum Gasteiger partial charge on any atom is -0.477 e. The van der Waals surface area contributed by atoms with Gasteiger partial charge in [0.25, 0.3) is 6.29 Å². The highest BCUT2D eigenvalue weighted by Crippen LogP contribution is 2.15. The molecule has 1 N–H and O–H groups in total. The van der Waals surface area contributed by atoms with Crippen LogP contribution >= 0.6 is 0 Å². The number of hydrogen-bond donors (Lipinski definition) is 1. The van der Waals surface area contributed by atoms with Crippen molar-refractivity contribution in [2.45, 2.75) is 232 Å². The Morgan fingerprint density at radius 1 is 0.492 bits per heavy atom. The maximum atomic E-state index is 12.8. The lowest BCUT2D eigenvalue weighted by Crippen LogP contribution is -2.40. The molecule has 59 heavy (non-hydrogen) atoms. The summed E-state index contributed by atoms with van der Waals surface area (Å²) in [6, 6.07) is 0. The molecule has 0 spiro atoms. The first-order chi connectivity index (χ1) is 28.6. The molecule has 0 heterocycles. The van der Waals surface area contributed by atoms with Crippen LogP contribution in [0.1, 0.15) is 219 Å². The van der Waals surface area contributed by atoms with Crippen LogP contribution in [0.4, 0.5) is 0 Å². The number of ether oxygens (including phenoxy) is 4. The molecule has 0 aromatic carbocycles. The van der Waals surface area contributed by atoms with Crippen molar-refractivity contribution in [3.63, 3.8) is 0 Å². The number of nitrogens with zero attached hydrogens (tertiary/aromatic N) is 1. The molecule has 2 atom stereocenters. The molecule has 0 aliphatic rings. The smallest absolute Gasteiger partial charge is 0.361 e. The van der Waals surface area contributed by atoms with E-state index >= 15 is 0 Å². The Kier molecular flexibility index (Phi) is 40.9. The van der Waals surface area contributed by atoms with E-state index in [1.165, 1.54) is 135 Å². The Bertz CT molecular complexity index is 1020. The Labute approximate surface area is 363 Å². The van der Waals surface area contributed by atoms with Crippen molar-refractivity contribution in [2.24, 2.45) is 0 Å². The Hall–Kier alpha value is -2.23. The maximum absolute atomic E-state index is 12.8. The first-order valence-corrected chi connectivity index (χ1v) is 24.5. The van der Waals surface area contributed by atoms with Crippen LogP contribution in [0.3, 0.4) is 0 Å². The second-order valence-corrected chi connectivity index (χ2v) is 17.8. The molecular formula is C50H94NO8+. The summed E-state index contributed by atoms with van der Waals surface area (Å²) in [5.74, 6) is -2.01. The molecule has 9 heteroatoms. The van der Waals surface area contributed by atoms with Crippen LogP contribution in [0.25, 0.3) is 0 Å². The lowest BCUT2D eigenvalue weighted by atomic mass is 10.1. The van der Waals surface area contributed by atoms with Crippen LogP contribution < -0.4 is 0 Å². The number of likely N-dealkylation sites (N-methyl/N-ethyl adjacent to an activating group) is 1. The minimum atomic E-state index is -1.51. The summed E-state index contributed by atoms with van der Waals surface area (Å²) in [5.41, 5.74) is 0. The van der Waals surface area contributed by atoms with Crippen molar-refractivity contribution >= 4 is 17.9 Å². The number of esters is 2. The Balaban J connectivity index is 4.34. The third kappa shape index (κ3) is 43.7. The third-order valence-corrected chi connectivity index (χ3v) is 10.7. The largest absolute Gasteiger partial charge is 0.477 e. The first-order valence-electron chi connectivity index (χ1n) is 24.5. The molecule has 0 aliphatic heterocycles. The van der Waals surface area contributed by atoms with Crippen molar-refractivity contribution in [1.29, 1.82) is 0 Å². The van der Waals surface area contributed by atoms with Gasteiger partial charge in [-0.2, -0.15) is 0 Å². The Morgan fingerprint density at radius 2 is 0.864 bits per heavy atom. The van der Waals surface area contributed by atoms with Gasteiger partial charge >= 0.3 is 17.9 Å². The zero-order valence-corrected chi connectivity index (χ0v) is 39.2.